The minimum Gasteiger partial charge on any atom is -0.493 e. The summed E-state index contributed by atoms with van der Waals surface area (Å²) in [6.07, 6.45) is 1.29. The van der Waals surface area contributed by atoms with Gasteiger partial charge in [0, 0.05) is 28.7 Å². The molecule has 8 heteroatoms. The van der Waals surface area contributed by atoms with Crippen molar-refractivity contribution in [2.45, 2.75) is 45.8 Å². The summed E-state index contributed by atoms with van der Waals surface area (Å²) in [6.45, 7) is 7.94. The van der Waals surface area contributed by atoms with Crippen molar-refractivity contribution in [2.24, 2.45) is 11.3 Å². The van der Waals surface area contributed by atoms with E-state index in [-0.39, 0.29) is 22.9 Å². The molecule has 0 amide bonds. The molecular weight excluding hydrogens is 426 g/mol. The van der Waals surface area contributed by atoms with Gasteiger partial charge >= 0.3 is 5.97 Å². The Kier molecular flexibility index (Phi) is 5.16. The quantitative estimate of drug-likeness (QED) is 0.672. The van der Waals surface area contributed by atoms with Crippen LogP contribution in [-0.4, -0.2) is 42.6 Å². The maximum atomic E-state index is 13.2. The van der Waals surface area contributed by atoms with E-state index in [1.54, 1.807) is 11.7 Å². The molecule has 33 heavy (non-hydrogen) atoms. The van der Waals surface area contributed by atoms with Crippen molar-refractivity contribution in [1.82, 2.24) is 4.57 Å². The van der Waals surface area contributed by atoms with Crippen molar-refractivity contribution in [2.75, 3.05) is 26.9 Å². The van der Waals surface area contributed by atoms with E-state index in [4.69, 9.17) is 18.9 Å². The minimum atomic E-state index is -1.22. The predicted octanol–water partition coefficient (Wildman–Crippen LogP) is 4.06. The van der Waals surface area contributed by atoms with Gasteiger partial charge in [0.2, 0.25) is 0 Å². The van der Waals surface area contributed by atoms with E-state index >= 15 is 0 Å². The maximum absolute atomic E-state index is 13.2. The van der Waals surface area contributed by atoms with Crippen molar-refractivity contribution in [3.63, 3.8) is 0 Å². The smallest absolute Gasteiger partial charge is 0.341 e. The SMILES string of the molecule is COc1cc2c(cc1OCC1(C)COC1)OC(C(C)C)c1cc(C(=O)O)c(=O)n(C3CC3)c1-2. The second-order valence-corrected chi connectivity index (χ2v) is 9.95. The lowest BCUT2D eigenvalue weighted by Crippen LogP contribution is -2.44. The molecule has 176 valence electrons. The first-order valence-corrected chi connectivity index (χ1v) is 11.3. The topological polar surface area (TPSA) is 96.2 Å². The highest BCUT2D eigenvalue weighted by Gasteiger charge is 2.39. The number of benzene rings is 1. The molecule has 2 aromatic rings. The number of fused-ring (bicyclic) bond motifs is 3. The number of hydrogen-bond donors (Lipinski definition) is 1. The van der Waals surface area contributed by atoms with Gasteiger partial charge in [0.25, 0.3) is 5.56 Å². The predicted molar refractivity (Wildman–Crippen MR) is 121 cm³/mol. The summed E-state index contributed by atoms with van der Waals surface area (Å²) >= 11 is 0. The average Bonchev–Trinajstić information content (AvgIpc) is 3.59. The first kappa shape index (κ1) is 21.8. The molecule has 0 spiro atoms. The molecule has 1 unspecified atom stereocenters. The van der Waals surface area contributed by atoms with Crippen LogP contribution in [0.5, 0.6) is 17.2 Å². The Bertz CT molecular complexity index is 1170. The molecule has 2 fully saturated rings. The number of hydrogen-bond acceptors (Lipinski definition) is 6. The van der Waals surface area contributed by atoms with Crippen LogP contribution < -0.4 is 19.8 Å². The number of pyridine rings is 1. The highest BCUT2D eigenvalue weighted by atomic mass is 16.5. The number of aromatic carboxylic acids is 1. The number of carbonyl (C=O) groups is 1. The van der Waals surface area contributed by atoms with Crippen LogP contribution in [0.25, 0.3) is 11.3 Å². The van der Waals surface area contributed by atoms with Crippen LogP contribution in [0.15, 0.2) is 23.0 Å². The Labute approximate surface area is 192 Å². The van der Waals surface area contributed by atoms with E-state index < -0.39 is 17.6 Å². The summed E-state index contributed by atoms with van der Waals surface area (Å²) in [7, 11) is 1.58. The Hall–Kier alpha value is -3.00. The number of carboxylic acids is 1. The number of carboxylic acid groups (broad SMARTS) is 1. The first-order valence-electron chi connectivity index (χ1n) is 11.3. The van der Waals surface area contributed by atoms with E-state index in [1.165, 1.54) is 6.07 Å². The van der Waals surface area contributed by atoms with Crippen LogP contribution in [0.3, 0.4) is 0 Å². The molecule has 1 atom stereocenters. The largest absolute Gasteiger partial charge is 0.493 e. The fourth-order valence-electron chi connectivity index (χ4n) is 4.57. The highest BCUT2D eigenvalue weighted by Crippen LogP contribution is 2.51. The van der Waals surface area contributed by atoms with E-state index in [2.05, 4.69) is 6.92 Å². The lowest BCUT2D eigenvalue weighted by atomic mass is 9.89. The molecular formula is C25H29NO7. The minimum absolute atomic E-state index is 0.00944. The normalized spacial score (nSPS) is 20.3. The van der Waals surface area contributed by atoms with E-state index in [0.29, 0.717) is 42.6 Å². The number of nitrogens with zero attached hydrogens (tertiary/aromatic N) is 1. The molecule has 8 nitrogen and oxygen atoms in total. The van der Waals surface area contributed by atoms with Crippen molar-refractivity contribution in [1.29, 1.82) is 0 Å². The van der Waals surface area contributed by atoms with Gasteiger partial charge in [0.1, 0.15) is 17.4 Å². The van der Waals surface area contributed by atoms with E-state index in [9.17, 15) is 14.7 Å². The van der Waals surface area contributed by atoms with Crippen molar-refractivity contribution in [3.8, 4) is 28.5 Å². The van der Waals surface area contributed by atoms with Crippen LogP contribution >= 0.6 is 0 Å². The summed E-state index contributed by atoms with van der Waals surface area (Å²) in [5.41, 5.74) is 1.42. The molecule has 3 heterocycles. The molecule has 1 N–H and O–H groups in total. The van der Waals surface area contributed by atoms with Gasteiger partial charge in [-0.25, -0.2) is 4.79 Å². The molecule has 2 aliphatic heterocycles. The number of aromatic nitrogens is 1. The van der Waals surface area contributed by atoms with E-state index in [1.807, 2.05) is 26.0 Å². The molecule has 0 radical (unpaired) electrons. The van der Waals surface area contributed by atoms with Gasteiger partial charge in [0.15, 0.2) is 11.5 Å². The Morgan fingerprint density at radius 1 is 1.24 bits per heavy atom. The summed E-state index contributed by atoms with van der Waals surface area (Å²) in [4.78, 5) is 25.1. The lowest BCUT2D eigenvalue weighted by molar-refractivity contribution is -0.120. The third-order valence-corrected chi connectivity index (χ3v) is 6.57. The Morgan fingerprint density at radius 3 is 2.52 bits per heavy atom. The zero-order valence-electron chi connectivity index (χ0n) is 19.3. The van der Waals surface area contributed by atoms with Crippen LogP contribution in [0.1, 0.15) is 61.7 Å². The van der Waals surface area contributed by atoms with Gasteiger partial charge in [-0.2, -0.15) is 0 Å². The zero-order chi connectivity index (χ0) is 23.5. The second kappa shape index (κ2) is 7.80. The summed E-state index contributed by atoms with van der Waals surface area (Å²) in [6, 6.07) is 5.13. The molecule has 3 aliphatic rings. The molecule has 0 bridgehead atoms. The molecule has 1 saturated carbocycles. The molecule has 1 aromatic heterocycles. The number of ether oxygens (including phenoxy) is 4. The Morgan fingerprint density at radius 2 is 1.97 bits per heavy atom. The molecule has 1 saturated heterocycles. The fourth-order valence-corrected chi connectivity index (χ4v) is 4.57. The fraction of sp³-hybridized carbons (Fsp3) is 0.520. The van der Waals surface area contributed by atoms with Crippen LogP contribution in [0, 0.1) is 11.3 Å². The van der Waals surface area contributed by atoms with Gasteiger partial charge in [-0.15, -0.1) is 0 Å². The lowest BCUT2D eigenvalue weighted by Gasteiger charge is -2.38. The Balaban J connectivity index is 1.68. The van der Waals surface area contributed by atoms with Gasteiger partial charge in [0.05, 0.1) is 32.6 Å². The van der Waals surface area contributed by atoms with Crippen LogP contribution in [-0.2, 0) is 4.74 Å². The molecule has 5 rings (SSSR count). The van der Waals surface area contributed by atoms with E-state index in [0.717, 1.165) is 24.1 Å². The van der Waals surface area contributed by atoms with Crippen molar-refractivity contribution >= 4 is 5.97 Å². The summed E-state index contributed by atoms with van der Waals surface area (Å²) in [5, 5.41) is 9.68. The third-order valence-electron chi connectivity index (χ3n) is 6.57. The number of methoxy groups -OCH3 is 1. The van der Waals surface area contributed by atoms with Gasteiger partial charge in [-0.05, 0) is 30.9 Å². The molecule has 1 aliphatic carbocycles. The van der Waals surface area contributed by atoms with Crippen LogP contribution in [0.2, 0.25) is 0 Å². The monoisotopic (exact) mass is 455 g/mol. The van der Waals surface area contributed by atoms with Crippen LogP contribution in [0.4, 0.5) is 0 Å². The number of rotatable bonds is 7. The van der Waals surface area contributed by atoms with Gasteiger partial charge in [-0.1, -0.05) is 20.8 Å². The van der Waals surface area contributed by atoms with Gasteiger partial charge in [-0.3, -0.25) is 4.79 Å². The molecule has 1 aromatic carbocycles. The maximum Gasteiger partial charge on any atom is 0.341 e. The average molecular weight is 456 g/mol. The van der Waals surface area contributed by atoms with Gasteiger partial charge < -0.3 is 28.6 Å². The van der Waals surface area contributed by atoms with Crippen molar-refractivity contribution in [3.05, 3.63) is 39.7 Å². The zero-order valence-corrected chi connectivity index (χ0v) is 19.3. The van der Waals surface area contributed by atoms with Crippen molar-refractivity contribution < 1.29 is 28.8 Å². The first-order chi connectivity index (χ1) is 15.7. The summed E-state index contributed by atoms with van der Waals surface area (Å²) in [5.74, 6) is 0.537. The highest BCUT2D eigenvalue weighted by molar-refractivity contribution is 5.89. The standard InChI is InChI=1S/C25H29NO7/c1-13(2)22-16-7-17(24(28)29)23(27)26(14-5-6-14)21(16)15-8-19(30-4)20(9-18(15)33-22)32-12-25(3)10-31-11-25/h7-9,13-14,22H,5-6,10-12H2,1-4H3,(H,28,29). The second-order valence-electron chi connectivity index (χ2n) is 9.95. The summed E-state index contributed by atoms with van der Waals surface area (Å²) < 4.78 is 25.1. The third kappa shape index (κ3) is 3.66.